The lowest BCUT2D eigenvalue weighted by atomic mass is 9.86. The lowest BCUT2D eigenvalue weighted by Crippen LogP contribution is -2.40. The van der Waals surface area contributed by atoms with E-state index in [2.05, 4.69) is 30.4 Å². The van der Waals surface area contributed by atoms with Crippen LogP contribution in [0.15, 0.2) is 66.7 Å². The third kappa shape index (κ3) is 5.08. The van der Waals surface area contributed by atoms with Crippen LogP contribution in [0.25, 0.3) is 11.1 Å². The maximum absolute atomic E-state index is 13.2. The molecule has 1 aliphatic carbocycles. The number of amides is 1. The molecule has 166 valence electrons. The van der Waals surface area contributed by atoms with Gasteiger partial charge in [0.1, 0.15) is 5.82 Å². The van der Waals surface area contributed by atoms with E-state index in [0.29, 0.717) is 5.56 Å². The minimum Gasteiger partial charge on any atom is -0.338 e. The van der Waals surface area contributed by atoms with Crippen LogP contribution in [0.3, 0.4) is 0 Å². The van der Waals surface area contributed by atoms with E-state index in [4.69, 9.17) is 0 Å². The molecule has 4 rings (SSSR count). The summed E-state index contributed by atoms with van der Waals surface area (Å²) in [7, 11) is 1.91. The van der Waals surface area contributed by atoms with Gasteiger partial charge in [0.2, 0.25) is 0 Å². The van der Waals surface area contributed by atoms with Gasteiger partial charge in [-0.05, 0) is 84.3 Å². The van der Waals surface area contributed by atoms with E-state index in [1.165, 1.54) is 28.8 Å². The third-order valence-electron chi connectivity index (χ3n) is 6.41. The Bertz CT molecular complexity index is 1060. The highest BCUT2D eigenvalue weighted by Gasteiger charge is 2.26. The van der Waals surface area contributed by atoms with E-state index >= 15 is 0 Å². The zero-order valence-electron chi connectivity index (χ0n) is 18.9. The highest BCUT2D eigenvalue weighted by atomic mass is 19.1. The minimum atomic E-state index is -0.249. The van der Waals surface area contributed by atoms with Gasteiger partial charge in [0.05, 0.1) is 0 Å². The Kier molecular flexibility index (Phi) is 7.01. The minimum absolute atomic E-state index is 0.0458. The Labute approximate surface area is 190 Å². The number of nitrogens with one attached hydrogen (secondary N) is 1. The van der Waals surface area contributed by atoms with Gasteiger partial charge in [-0.25, -0.2) is 4.39 Å². The van der Waals surface area contributed by atoms with Gasteiger partial charge in [-0.3, -0.25) is 4.79 Å². The number of aryl methyl sites for hydroxylation is 1. The number of hydrogen-bond acceptors (Lipinski definition) is 2. The number of fused-ring (bicyclic) bond motifs is 1. The number of likely N-dealkylation sites (N-methyl/N-ethyl adjacent to an activating group) is 1. The molecule has 0 aliphatic heterocycles. The van der Waals surface area contributed by atoms with Crippen molar-refractivity contribution in [2.45, 2.75) is 45.2 Å². The molecule has 0 radical (unpaired) electrons. The Morgan fingerprint density at radius 2 is 1.69 bits per heavy atom. The van der Waals surface area contributed by atoms with Crippen LogP contribution in [0.1, 0.15) is 46.8 Å². The van der Waals surface area contributed by atoms with Crippen LogP contribution in [0, 0.1) is 5.82 Å². The molecule has 0 fully saturated rings. The van der Waals surface area contributed by atoms with Crippen molar-refractivity contribution in [3.05, 3.63) is 94.8 Å². The van der Waals surface area contributed by atoms with Crippen molar-refractivity contribution >= 4 is 5.91 Å². The van der Waals surface area contributed by atoms with Gasteiger partial charge in [0, 0.05) is 25.2 Å². The maximum atomic E-state index is 13.2. The lowest BCUT2D eigenvalue weighted by Gasteiger charge is -2.33. The zero-order valence-corrected chi connectivity index (χ0v) is 18.9. The smallest absolute Gasteiger partial charge is 0.253 e. The fourth-order valence-corrected chi connectivity index (χ4v) is 4.46. The van der Waals surface area contributed by atoms with Crippen LogP contribution >= 0.6 is 0 Å². The molecule has 0 heterocycles. The molecule has 1 aliphatic rings. The summed E-state index contributed by atoms with van der Waals surface area (Å²) >= 11 is 0. The van der Waals surface area contributed by atoms with E-state index in [0.717, 1.165) is 49.9 Å². The van der Waals surface area contributed by atoms with Crippen molar-refractivity contribution in [3.8, 4) is 11.1 Å². The van der Waals surface area contributed by atoms with Crippen molar-refractivity contribution in [1.82, 2.24) is 10.2 Å². The van der Waals surface area contributed by atoms with Crippen molar-refractivity contribution in [2.75, 3.05) is 13.6 Å². The standard InChI is InChI=1S/C28H31FN2O/c1-3-16-30-19-20-4-5-25-18-27(15-12-24(25)17-20)31(2)28(32)23-8-6-21(7-9-23)22-10-13-26(29)14-11-22/h4-11,13-14,17,27,30H,3,12,15-16,18-19H2,1-2H3. The van der Waals surface area contributed by atoms with E-state index in [1.54, 1.807) is 12.1 Å². The van der Waals surface area contributed by atoms with Gasteiger partial charge in [0.25, 0.3) is 5.91 Å². The first-order valence-corrected chi connectivity index (χ1v) is 11.5. The molecule has 32 heavy (non-hydrogen) atoms. The Morgan fingerprint density at radius 1 is 1.00 bits per heavy atom. The number of halogens is 1. The molecule has 3 aromatic carbocycles. The third-order valence-corrected chi connectivity index (χ3v) is 6.41. The quantitative estimate of drug-likeness (QED) is 0.493. The largest absolute Gasteiger partial charge is 0.338 e. The van der Waals surface area contributed by atoms with E-state index in [1.807, 2.05) is 36.2 Å². The molecule has 0 bridgehead atoms. The molecule has 3 nitrogen and oxygen atoms in total. The molecule has 1 N–H and O–H groups in total. The van der Waals surface area contributed by atoms with Crippen LogP contribution in [0.2, 0.25) is 0 Å². The van der Waals surface area contributed by atoms with Crippen LogP contribution in [-0.4, -0.2) is 30.4 Å². The van der Waals surface area contributed by atoms with Crippen molar-refractivity contribution < 1.29 is 9.18 Å². The first kappa shape index (κ1) is 22.2. The normalized spacial score (nSPS) is 15.3. The summed E-state index contributed by atoms with van der Waals surface area (Å²) in [6.07, 6.45) is 4.02. The Hall–Kier alpha value is -2.98. The molecular formula is C28H31FN2O. The first-order valence-electron chi connectivity index (χ1n) is 11.5. The second-order valence-corrected chi connectivity index (χ2v) is 8.68. The number of carbonyl (C=O) groups excluding carboxylic acids is 1. The molecule has 0 saturated heterocycles. The van der Waals surface area contributed by atoms with Gasteiger partial charge >= 0.3 is 0 Å². The molecule has 4 heteroatoms. The molecule has 1 unspecified atom stereocenters. The average molecular weight is 431 g/mol. The zero-order chi connectivity index (χ0) is 22.5. The molecule has 1 atom stereocenters. The molecular weight excluding hydrogens is 399 g/mol. The van der Waals surface area contributed by atoms with Crippen molar-refractivity contribution in [2.24, 2.45) is 0 Å². The SMILES string of the molecule is CCCNCc1ccc2c(c1)CCC(N(C)C(=O)c1ccc(-c3ccc(F)cc3)cc1)C2. The summed E-state index contributed by atoms with van der Waals surface area (Å²) in [6, 6.07) is 21.0. The van der Waals surface area contributed by atoms with Gasteiger partial charge in [-0.1, -0.05) is 49.4 Å². The summed E-state index contributed by atoms with van der Waals surface area (Å²) in [4.78, 5) is 15.0. The fourth-order valence-electron chi connectivity index (χ4n) is 4.46. The van der Waals surface area contributed by atoms with E-state index < -0.39 is 0 Å². The van der Waals surface area contributed by atoms with Crippen LogP contribution in [-0.2, 0) is 19.4 Å². The van der Waals surface area contributed by atoms with E-state index in [9.17, 15) is 9.18 Å². The second-order valence-electron chi connectivity index (χ2n) is 8.68. The topological polar surface area (TPSA) is 32.3 Å². The average Bonchev–Trinajstić information content (AvgIpc) is 2.83. The predicted octanol–water partition coefficient (Wildman–Crippen LogP) is 5.62. The van der Waals surface area contributed by atoms with E-state index in [-0.39, 0.29) is 17.8 Å². The van der Waals surface area contributed by atoms with Crippen LogP contribution in [0.4, 0.5) is 4.39 Å². The first-order chi connectivity index (χ1) is 15.5. The predicted molar refractivity (Wildman–Crippen MR) is 128 cm³/mol. The van der Waals surface area contributed by atoms with Crippen molar-refractivity contribution in [3.63, 3.8) is 0 Å². The van der Waals surface area contributed by atoms with Crippen molar-refractivity contribution in [1.29, 1.82) is 0 Å². The van der Waals surface area contributed by atoms with Gasteiger partial charge in [-0.2, -0.15) is 0 Å². The summed E-state index contributed by atoms with van der Waals surface area (Å²) in [6.45, 7) is 4.13. The molecule has 0 aromatic heterocycles. The summed E-state index contributed by atoms with van der Waals surface area (Å²) in [5.41, 5.74) is 6.70. The fraction of sp³-hybridized carbons (Fsp3) is 0.321. The molecule has 3 aromatic rings. The van der Waals surface area contributed by atoms with Crippen LogP contribution in [0.5, 0.6) is 0 Å². The van der Waals surface area contributed by atoms with Gasteiger partial charge in [-0.15, -0.1) is 0 Å². The highest BCUT2D eigenvalue weighted by Crippen LogP contribution is 2.27. The summed E-state index contributed by atoms with van der Waals surface area (Å²) in [5, 5.41) is 3.47. The number of carbonyl (C=O) groups is 1. The highest BCUT2D eigenvalue weighted by molar-refractivity contribution is 5.94. The Morgan fingerprint density at radius 3 is 2.38 bits per heavy atom. The number of hydrogen-bond donors (Lipinski definition) is 1. The molecule has 1 amide bonds. The number of nitrogens with zero attached hydrogens (tertiary/aromatic N) is 1. The summed E-state index contributed by atoms with van der Waals surface area (Å²) < 4.78 is 13.2. The monoisotopic (exact) mass is 430 g/mol. The number of rotatable bonds is 7. The van der Waals surface area contributed by atoms with Crippen LogP contribution < -0.4 is 5.32 Å². The van der Waals surface area contributed by atoms with Gasteiger partial charge in [0.15, 0.2) is 0 Å². The maximum Gasteiger partial charge on any atom is 0.253 e. The number of benzene rings is 3. The summed E-state index contributed by atoms with van der Waals surface area (Å²) in [5.74, 6) is -0.204. The molecule has 0 saturated carbocycles. The van der Waals surface area contributed by atoms with Gasteiger partial charge < -0.3 is 10.2 Å². The second kappa shape index (κ2) is 10.1. The lowest BCUT2D eigenvalue weighted by molar-refractivity contribution is 0.0719. The Balaban J connectivity index is 1.40. The molecule has 0 spiro atoms.